The fourth-order valence-corrected chi connectivity index (χ4v) is 4.56. The fourth-order valence-electron chi connectivity index (χ4n) is 4.56. The number of rotatable bonds is 8. The van der Waals surface area contributed by atoms with Crippen LogP contribution in [0, 0.1) is 5.92 Å². The maximum Gasteiger partial charge on any atom is 0.141 e. The molecule has 32 heavy (non-hydrogen) atoms. The molecule has 1 aliphatic rings. The second kappa shape index (κ2) is 11.5. The third kappa shape index (κ3) is 6.11. The first-order valence-electron chi connectivity index (χ1n) is 11.4. The van der Waals surface area contributed by atoms with Gasteiger partial charge >= 0.3 is 0 Å². The first kappa shape index (κ1) is 24.3. The Bertz CT molecular complexity index is 952. The summed E-state index contributed by atoms with van der Waals surface area (Å²) < 4.78 is 22.1. The maximum absolute atomic E-state index is 16.1. The third-order valence-electron chi connectivity index (χ3n) is 6.45. The Morgan fingerprint density at radius 2 is 1.62 bits per heavy atom. The van der Waals surface area contributed by atoms with Crippen molar-refractivity contribution in [1.82, 2.24) is 4.90 Å². The molecule has 0 radical (unpaired) electrons. The molecule has 0 N–H and O–H groups in total. The topological polar surface area (TPSA) is 12.5 Å². The minimum atomic E-state index is -1.30. The zero-order chi connectivity index (χ0) is 21.5. The zero-order valence-corrected chi connectivity index (χ0v) is 19.6. The molecular weight excluding hydrogens is 421 g/mol. The number of aryl methyl sites for hydroxylation is 1. The Morgan fingerprint density at radius 3 is 2.31 bits per heavy atom. The zero-order valence-electron chi connectivity index (χ0n) is 18.8. The maximum atomic E-state index is 16.1. The summed E-state index contributed by atoms with van der Waals surface area (Å²) in [6.45, 7) is 5.15. The van der Waals surface area contributed by atoms with Crippen molar-refractivity contribution in [2.45, 2.75) is 38.5 Å². The number of piperidine rings is 1. The molecule has 0 amide bonds. The van der Waals surface area contributed by atoms with Crippen LogP contribution in [0.2, 0.25) is 0 Å². The van der Waals surface area contributed by atoms with E-state index in [4.69, 9.17) is 4.74 Å². The van der Waals surface area contributed by atoms with Gasteiger partial charge in [0, 0.05) is 19.0 Å². The lowest BCUT2D eigenvalue weighted by Crippen LogP contribution is -2.46. The number of nitrogens with zero attached hydrogens (tertiary/aromatic N) is 1. The molecule has 2 nitrogen and oxygen atoms in total. The normalized spacial score (nSPS) is 21.0. The van der Waals surface area contributed by atoms with Crippen LogP contribution < -0.4 is 4.74 Å². The van der Waals surface area contributed by atoms with E-state index in [0.717, 1.165) is 49.4 Å². The Balaban J connectivity index is 0.00000289. The van der Waals surface area contributed by atoms with Gasteiger partial charge in [0.1, 0.15) is 18.0 Å². The highest BCUT2D eigenvalue weighted by Crippen LogP contribution is 2.42. The van der Waals surface area contributed by atoms with E-state index in [-0.39, 0.29) is 18.3 Å². The van der Waals surface area contributed by atoms with Crippen molar-refractivity contribution in [2.75, 3.05) is 19.6 Å². The van der Waals surface area contributed by atoms with Crippen LogP contribution in [0.4, 0.5) is 4.39 Å². The van der Waals surface area contributed by atoms with Gasteiger partial charge in [0.25, 0.3) is 0 Å². The smallest absolute Gasteiger partial charge is 0.141 e. The van der Waals surface area contributed by atoms with Crippen LogP contribution in [0.3, 0.4) is 0 Å². The Hall–Kier alpha value is -2.36. The number of hydrogen-bond acceptors (Lipinski definition) is 2. The SMILES string of the molecule is CC1CN(CCCc2ccccc2)CCC1(F)c1cccc(OCc2ccccc2)c1.Cl. The van der Waals surface area contributed by atoms with Crippen molar-refractivity contribution in [2.24, 2.45) is 5.92 Å². The number of likely N-dealkylation sites (tertiary alicyclic amines) is 1. The second-order valence-electron chi connectivity index (χ2n) is 8.71. The lowest BCUT2D eigenvalue weighted by atomic mass is 9.78. The molecule has 4 rings (SSSR count). The van der Waals surface area contributed by atoms with Gasteiger partial charge in [-0.2, -0.15) is 0 Å². The van der Waals surface area contributed by atoms with Gasteiger partial charge in [0.15, 0.2) is 0 Å². The quantitative estimate of drug-likeness (QED) is 0.370. The standard InChI is InChI=1S/C28H32FNO.ClH/c1-23-21-30(18-9-14-24-10-4-2-5-11-24)19-17-28(23,29)26-15-8-16-27(20-26)31-22-25-12-6-3-7-13-25;/h2-8,10-13,15-16,20,23H,9,14,17-19,21-22H2,1H3;1H. The van der Waals surface area contributed by atoms with E-state index in [0.29, 0.717) is 13.0 Å². The van der Waals surface area contributed by atoms with Crippen molar-refractivity contribution in [3.63, 3.8) is 0 Å². The molecule has 1 aliphatic heterocycles. The highest BCUT2D eigenvalue weighted by Gasteiger charge is 2.42. The Morgan fingerprint density at radius 1 is 0.938 bits per heavy atom. The molecule has 1 saturated heterocycles. The molecular formula is C28H33ClFNO. The summed E-state index contributed by atoms with van der Waals surface area (Å²) in [5.41, 5.74) is 1.93. The molecule has 170 valence electrons. The van der Waals surface area contributed by atoms with Crippen LogP contribution in [-0.2, 0) is 18.7 Å². The van der Waals surface area contributed by atoms with E-state index in [2.05, 4.69) is 35.2 Å². The minimum Gasteiger partial charge on any atom is -0.489 e. The summed E-state index contributed by atoms with van der Waals surface area (Å²) in [6.07, 6.45) is 2.72. The lowest BCUT2D eigenvalue weighted by Gasteiger charge is -2.42. The van der Waals surface area contributed by atoms with Gasteiger partial charge in [-0.15, -0.1) is 12.4 Å². The van der Waals surface area contributed by atoms with Crippen LogP contribution in [0.25, 0.3) is 0 Å². The number of benzene rings is 3. The van der Waals surface area contributed by atoms with E-state index in [1.54, 1.807) is 0 Å². The van der Waals surface area contributed by atoms with Gasteiger partial charge in [0.05, 0.1) is 0 Å². The van der Waals surface area contributed by atoms with Crippen molar-refractivity contribution >= 4 is 12.4 Å². The molecule has 2 atom stereocenters. The van der Waals surface area contributed by atoms with Gasteiger partial charge < -0.3 is 9.64 Å². The largest absolute Gasteiger partial charge is 0.489 e. The van der Waals surface area contributed by atoms with E-state index in [1.807, 2.05) is 61.5 Å². The first-order valence-corrected chi connectivity index (χ1v) is 11.4. The fraction of sp³-hybridized carbons (Fsp3) is 0.357. The first-order chi connectivity index (χ1) is 15.1. The van der Waals surface area contributed by atoms with Crippen molar-refractivity contribution in [3.05, 3.63) is 102 Å². The second-order valence-corrected chi connectivity index (χ2v) is 8.71. The van der Waals surface area contributed by atoms with Gasteiger partial charge in [-0.25, -0.2) is 4.39 Å². The molecule has 2 unspecified atom stereocenters. The number of halogens is 2. The average Bonchev–Trinajstić information content (AvgIpc) is 2.82. The van der Waals surface area contributed by atoms with Crippen LogP contribution in [-0.4, -0.2) is 24.5 Å². The van der Waals surface area contributed by atoms with Gasteiger partial charge in [-0.3, -0.25) is 0 Å². The monoisotopic (exact) mass is 453 g/mol. The predicted octanol–water partition coefficient (Wildman–Crippen LogP) is 6.83. The van der Waals surface area contributed by atoms with Gasteiger partial charge in [0.2, 0.25) is 0 Å². The molecule has 0 aromatic heterocycles. The molecule has 3 aromatic rings. The Kier molecular flexibility index (Phi) is 8.72. The van der Waals surface area contributed by atoms with E-state index >= 15 is 4.39 Å². The highest BCUT2D eigenvalue weighted by atomic mass is 35.5. The molecule has 0 spiro atoms. The average molecular weight is 454 g/mol. The van der Waals surface area contributed by atoms with Crippen LogP contribution in [0.1, 0.15) is 36.5 Å². The van der Waals surface area contributed by atoms with Crippen molar-refractivity contribution in [1.29, 1.82) is 0 Å². The summed E-state index contributed by atoms with van der Waals surface area (Å²) in [5, 5.41) is 0. The summed E-state index contributed by atoms with van der Waals surface area (Å²) in [6, 6.07) is 28.3. The molecule has 0 saturated carbocycles. The molecule has 0 bridgehead atoms. The van der Waals surface area contributed by atoms with Gasteiger partial charge in [-0.05, 0) is 54.6 Å². The van der Waals surface area contributed by atoms with Crippen LogP contribution >= 0.6 is 12.4 Å². The van der Waals surface area contributed by atoms with Crippen LogP contribution in [0.15, 0.2) is 84.9 Å². The summed E-state index contributed by atoms with van der Waals surface area (Å²) in [7, 11) is 0. The number of hydrogen-bond donors (Lipinski definition) is 0. The summed E-state index contributed by atoms with van der Waals surface area (Å²) >= 11 is 0. The highest BCUT2D eigenvalue weighted by molar-refractivity contribution is 5.85. The van der Waals surface area contributed by atoms with E-state index in [1.165, 1.54) is 5.56 Å². The predicted molar refractivity (Wildman–Crippen MR) is 132 cm³/mol. The molecule has 1 fully saturated rings. The summed E-state index contributed by atoms with van der Waals surface area (Å²) in [5.74, 6) is 0.679. The molecule has 1 heterocycles. The van der Waals surface area contributed by atoms with Crippen molar-refractivity contribution in [3.8, 4) is 5.75 Å². The Labute approximate surface area is 197 Å². The van der Waals surface area contributed by atoms with E-state index < -0.39 is 5.67 Å². The van der Waals surface area contributed by atoms with Gasteiger partial charge in [-0.1, -0.05) is 79.7 Å². The molecule has 3 aromatic carbocycles. The number of ether oxygens (including phenoxy) is 1. The molecule has 4 heteroatoms. The molecule has 0 aliphatic carbocycles. The lowest BCUT2D eigenvalue weighted by molar-refractivity contribution is 0.00115. The third-order valence-corrected chi connectivity index (χ3v) is 6.45. The number of alkyl halides is 1. The van der Waals surface area contributed by atoms with E-state index in [9.17, 15) is 0 Å². The minimum absolute atomic E-state index is 0. The summed E-state index contributed by atoms with van der Waals surface area (Å²) in [4.78, 5) is 2.42. The van der Waals surface area contributed by atoms with Crippen LogP contribution in [0.5, 0.6) is 5.75 Å². The van der Waals surface area contributed by atoms with Crippen molar-refractivity contribution < 1.29 is 9.13 Å².